The van der Waals surface area contributed by atoms with Crippen molar-refractivity contribution in [3.63, 3.8) is 0 Å². The van der Waals surface area contributed by atoms with E-state index in [1.54, 1.807) is 6.92 Å². The van der Waals surface area contributed by atoms with Gasteiger partial charge in [0, 0.05) is 5.69 Å². The summed E-state index contributed by atoms with van der Waals surface area (Å²) >= 11 is 0. The number of hydrogen-bond donors (Lipinski definition) is 1. The molecule has 0 fully saturated rings. The predicted molar refractivity (Wildman–Crippen MR) is 65.8 cm³/mol. The average Bonchev–Trinajstić information content (AvgIpc) is 2.16. The highest BCUT2D eigenvalue weighted by Gasteiger charge is 2.06. The number of nitrogens with one attached hydrogen (secondary N) is 1. The molecule has 1 N–H and O–H groups in total. The Labute approximate surface area is 96.8 Å². The Kier molecular flexibility index (Phi) is 4.35. The zero-order chi connectivity index (χ0) is 12.1. The standard InChI is InChI=1S/C13H19NO2/c1-5-16-12(15)8-14-13-10(3)6-9(2)7-11(13)4/h6-7,14H,5,8H2,1-4H3. The van der Waals surface area contributed by atoms with E-state index < -0.39 is 0 Å². The summed E-state index contributed by atoms with van der Waals surface area (Å²) in [6.07, 6.45) is 0. The quantitative estimate of drug-likeness (QED) is 0.794. The smallest absolute Gasteiger partial charge is 0.325 e. The van der Waals surface area contributed by atoms with Gasteiger partial charge in [0.2, 0.25) is 0 Å². The van der Waals surface area contributed by atoms with Crippen molar-refractivity contribution in [2.45, 2.75) is 27.7 Å². The molecule has 0 unspecified atom stereocenters. The molecular weight excluding hydrogens is 202 g/mol. The van der Waals surface area contributed by atoms with Crippen molar-refractivity contribution in [2.75, 3.05) is 18.5 Å². The van der Waals surface area contributed by atoms with Crippen LogP contribution in [0.5, 0.6) is 0 Å². The van der Waals surface area contributed by atoms with Crippen LogP contribution in [0.15, 0.2) is 12.1 Å². The third kappa shape index (κ3) is 3.26. The summed E-state index contributed by atoms with van der Waals surface area (Å²) in [7, 11) is 0. The molecule has 0 atom stereocenters. The second kappa shape index (κ2) is 5.54. The Bertz CT molecular complexity index is 363. The molecule has 1 aromatic carbocycles. The molecule has 0 aromatic heterocycles. The van der Waals surface area contributed by atoms with Gasteiger partial charge in [0.25, 0.3) is 0 Å². The first-order valence-electron chi connectivity index (χ1n) is 5.52. The first-order valence-corrected chi connectivity index (χ1v) is 5.52. The van der Waals surface area contributed by atoms with Gasteiger partial charge in [-0.3, -0.25) is 4.79 Å². The number of ether oxygens (including phenoxy) is 1. The maximum absolute atomic E-state index is 11.2. The lowest BCUT2D eigenvalue weighted by Crippen LogP contribution is -2.17. The number of anilines is 1. The average molecular weight is 221 g/mol. The van der Waals surface area contributed by atoms with Gasteiger partial charge in [-0.25, -0.2) is 0 Å². The fourth-order valence-corrected chi connectivity index (χ4v) is 1.83. The van der Waals surface area contributed by atoms with Crippen LogP contribution in [0.2, 0.25) is 0 Å². The van der Waals surface area contributed by atoms with Crippen LogP contribution >= 0.6 is 0 Å². The summed E-state index contributed by atoms with van der Waals surface area (Å²) in [4.78, 5) is 11.2. The van der Waals surface area contributed by atoms with Gasteiger partial charge in [-0.15, -0.1) is 0 Å². The second-order valence-corrected chi connectivity index (χ2v) is 3.93. The minimum absolute atomic E-state index is 0.220. The summed E-state index contributed by atoms with van der Waals surface area (Å²) in [5.41, 5.74) is 4.57. The van der Waals surface area contributed by atoms with E-state index >= 15 is 0 Å². The molecule has 0 heterocycles. The van der Waals surface area contributed by atoms with Crippen molar-refractivity contribution < 1.29 is 9.53 Å². The van der Waals surface area contributed by atoms with Gasteiger partial charge in [-0.2, -0.15) is 0 Å². The Balaban J connectivity index is 2.70. The summed E-state index contributed by atoms with van der Waals surface area (Å²) in [5.74, 6) is -0.220. The van der Waals surface area contributed by atoms with Gasteiger partial charge in [0.1, 0.15) is 6.54 Å². The van der Waals surface area contributed by atoms with Crippen LogP contribution in [0.1, 0.15) is 23.6 Å². The number of hydrogen-bond acceptors (Lipinski definition) is 3. The molecule has 0 bridgehead atoms. The summed E-state index contributed by atoms with van der Waals surface area (Å²) in [6, 6.07) is 4.20. The van der Waals surface area contributed by atoms with Gasteiger partial charge in [0.05, 0.1) is 6.61 Å². The number of aryl methyl sites for hydroxylation is 3. The van der Waals surface area contributed by atoms with Crippen molar-refractivity contribution in [3.05, 3.63) is 28.8 Å². The lowest BCUT2D eigenvalue weighted by Gasteiger charge is -2.13. The summed E-state index contributed by atoms with van der Waals surface area (Å²) < 4.78 is 4.87. The highest BCUT2D eigenvalue weighted by molar-refractivity contribution is 5.76. The minimum Gasteiger partial charge on any atom is -0.465 e. The first kappa shape index (κ1) is 12.6. The summed E-state index contributed by atoms with van der Waals surface area (Å²) in [6.45, 7) is 8.58. The topological polar surface area (TPSA) is 38.3 Å². The van der Waals surface area contributed by atoms with E-state index in [9.17, 15) is 4.79 Å². The number of rotatable bonds is 4. The van der Waals surface area contributed by atoms with Crippen LogP contribution in [0.4, 0.5) is 5.69 Å². The number of benzene rings is 1. The summed E-state index contributed by atoms with van der Waals surface area (Å²) in [5, 5.41) is 3.12. The molecule has 0 saturated heterocycles. The molecule has 0 aliphatic carbocycles. The molecule has 0 aliphatic rings. The van der Waals surface area contributed by atoms with Crippen LogP contribution in [0.3, 0.4) is 0 Å². The van der Waals surface area contributed by atoms with Crippen LogP contribution in [-0.2, 0) is 9.53 Å². The molecule has 0 radical (unpaired) electrons. The molecule has 3 heteroatoms. The van der Waals surface area contributed by atoms with E-state index in [1.807, 2.05) is 13.8 Å². The minimum atomic E-state index is -0.220. The van der Waals surface area contributed by atoms with Crippen LogP contribution in [0.25, 0.3) is 0 Å². The third-order valence-corrected chi connectivity index (χ3v) is 2.39. The predicted octanol–water partition coefficient (Wildman–Crippen LogP) is 2.59. The van der Waals surface area contributed by atoms with Crippen LogP contribution < -0.4 is 5.32 Å². The molecule has 1 rings (SSSR count). The van der Waals surface area contributed by atoms with E-state index in [0.717, 1.165) is 16.8 Å². The lowest BCUT2D eigenvalue weighted by molar-refractivity contribution is -0.140. The first-order chi connectivity index (χ1) is 7.54. The van der Waals surface area contributed by atoms with E-state index in [2.05, 4.69) is 24.4 Å². The Hall–Kier alpha value is -1.51. The highest BCUT2D eigenvalue weighted by atomic mass is 16.5. The molecule has 0 aliphatic heterocycles. The highest BCUT2D eigenvalue weighted by Crippen LogP contribution is 2.21. The van der Waals surface area contributed by atoms with Crippen molar-refractivity contribution >= 4 is 11.7 Å². The monoisotopic (exact) mass is 221 g/mol. The van der Waals surface area contributed by atoms with Crippen molar-refractivity contribution in [3.8, 4) is 0 Å². The maximum Gasteiger partial charge on any atom is 0.325 e. The van der Waals surface area contributed by atoms with Gasteiger partial charge in [-0.05, 0) is 38.8 Å². The second-order valence-electron chi connectivity index (χ2n) is 3.93. The van der Waals surface area contributed by atoms with E-state index in [0.29, 0.717) is 6.61 Å². The third-order valence-electron chi connectivity index (χ3n) is 2.39. The normalized spacial score (nSPS) is 10.0. The van der Waals surface area contributed by atoms with E-state index in [1.165, 1.54) is 5.56 Å². The fraction of sp³-hybridized carbons (Fsp3) is 0.462. The molecule has 16 heavy (non-hydrogen) atoms. The number of esters is 1. The zero-order valence-electron chi connectivity index (χ0n) is 10.4. The molecule has 0 saturated carbocycles. The fourth-order valence-electron chi connectivity index (χ4n) is 1.83. The SMILES string of the molecule is CCOC(=O)CNc1c(C)cc(C)cc1C. The molecule has 1 aromatic rings. The maximum atomic E-state index is 11.2. The molecular formula is C13H19NO2. The van der Waals surface area contributed by atoms with Crippen molar-refractivity contribution in [1.29, 1.82) is 0 Å². The Morgan fingerprint density at radius 3 is 2.31 bits per heavy atom. The van der Waals surface area contributed by atoms with Crippen LogP contribution in [0, 0.1) is 20.8 Å². The van der Waals surface area contributed by atoms with E-state index in [-0.39, 0.29) is 12.5 Å². The van der Waals surface area contributed by atoms with Gasteiger partial charge < -0.3 is 10.1 Å². The number of carbonyl (C=O) groups is 1. The Morgan fingerprint density at radius 1 is 1.25 bits per heavy atom. The van der Waals surface area contributed by atoms with Gasteiger partial charge >= 0.3 is 5.97 Å². The molecule has 3 nitrogen and oxygen atoms in total. The van der Waals surface area contributed by atoms with Crippen LogP contribution in [-0.4, -0.2) is 19.1 Å². The van der Waals surface area contributed by atoms with Crippen molar-refractivity contribution in [1.82, 2.24) is 0 Å². The largest absolute Gasteiger partial charge is 0.465 e. The Morgan fingerprint density at radius 2 is 1.81 bits per heavy atom. The van der Waals surface area contributed by atoms with E-state index in [4.69, 9.17) is 4.74 Å². The molecule has 88 valence electrons. The number of carbonyl (C=O) groups excluding carboxylic acids is 1. The van der Waals surface area contributed by atoms with Crippen molar-refractivity contribution in [2.24, 2.45) is 0 Å². The lowest BCUT2D eigenvalue weighted by atomic mass is 10.1. The molecule has 0 spiro atoms. The van der Waals surface area contributed by atoms with Gasteiger partial charge in [0.15, 0.2) is 0 Å². The van der Waals surface area contributed by atoms with Gasteiger partial charge in [-0.1, -0.05) is 17.7 Å². The zero-order valence-corrected chi connectivity index (χ0v) is 10.4. The molecule has 0 amide bonds.